The lowest BCUT2D eigenvalue weighted by molar-refractivity contribution is 0.0410. The zero-order valence-corrected chi connectivity index (χ0v) is 17.2. The van der Waals surface area contributed by atoms with Gasteiger partial charge in [-0.1, -0.05) is 23.9 Å². The van der Waals surface area contributed by atoms with E-state index >= 15 is 0 Å². The zero-order valence-electron chi connectivity index (χ0n) is 16.3. The van der Waals surface area contributed by atoms with Crippen molar-refractivity contribution in [3.8, 4) is 17.1 Å². The molecule has 3 heterocycles. The number of aromatic nitrogens is 4. The largest absolute Gasteiger partial charge is 0.379 e. The molecule has 1 aliphatic heterocycles. The van der Waals surface area contributed by atoms with Gasteiger partial charge in [0.25, 0.3) is 0 Å². The van der Waals surface area contributed by atoms with Crippen LogP contribution in [-0.2, 0) is 4.74 Å². The molecule has 0 N–H and O–H groups in total. The average molecular weight is 396 g/mol. The molecule has 4 rings (SSSR count). The van der Waals surface area contributed by atoms with Gasteiger partial charge in [0.2, 0.25) is 0 Å². The smallest absolute Gasteiger partial charge is 0.196 e. The van der Waals surface area contributed by atoms with Crippen LogP contribution in [0.2, 0.25) is 0 Å². The Labute approximate surface area is 170 Å². The highest BCUT2D eigenvalue weighted by Gasteiger charge is 2.19. The zero-order chi connectivity index (χ0) is 19.3. The second kappa shape index (κ2) is 8.86. The standard InChI is InChI=1S/C21H25N5OS/c1-16-5-3-7-19(17(16)2)26-20(18-6-4-8-22-15-18)23-24-21(26)28-14-11-25-9-12-27-13-10-25/h3-8,15H,9-14H2,1-2H3. The molecule has 0 aliphatic carbocycles. The Morgan fingerprint density at radius 3 is 2.71 bits per heavy atom. The second-order valence-electron chi connectivity index (χ2n) is 6.90. The van der Waals surface area contributed by atoms with Crippen LogP contribution in [0.15, 0.2) is 47.9 Å². The molecule has 7 heteroatoms. The molecule has 1 saturated heterocycles. The molecule has 3 aromatic rings. The van der Waals surface area contributed by atoms with Gasteiger partial charge < -0.3 is 4.74 Å². The summed E-state index contributed by atoms with van der Waals surface area (Å²) in [5.41, 5.74) is 4.59. The number of benzene rings is 1. The van der Waals surface area contributed by atoms with Gasteiger partial charge in [-0.3, -0.25) is 14.5 Å². The van der Waals surface area contributed by atoms with Crippen LogP contribution in [0.25, 0.3) is 17.1 Å². The number of hydrogen-bond donors (Lipinski definition) is 0. The summed E-state index contributed by atoms with van der Waals surface area (Å²) in [6.45, 7) is 8.98. The lowest BCUT2D eigenvalue weighted by Gasteiger charge is -2.26. The fraction of sp³-hybridized carbons (Fsp3) is 0.381. The summed E-state index contributed by atoms with van der Waals surface area (Å²) in [7, 11) is 0. The Bertz CT molecular complexity index is 922. The van der Waals surface area contributed by atoms with Crippen molar-refractivity contribution < 1.29 is 4.74 Å². The van der Waals surface area contributed by atoms with Crippen molar-refractivity contribution in [3.63, 3.8) is 0 Å². The molecule has 1 fully saturated rings. The summed E-state index contributed by atoms with van der Waals surface area (Å²) in [5.74, 6) is 1.80. The minimum absolute atomic E-state index is 0.828. The number of ether oxygens (including phenoxy) is 1. The van der Waals surface area contributed by atoms with Crippen LogP contribution in [0, 0.1) is 13.8 Å². The van der Waals surface area contributed by atoms with E-state index in [1.807, 2.05) is 18.3 Å². The van der Waals surface area contributed by atoms with Crippen LogP contribution in [0.1, 0.15) is 11.1 Å². The normalized spacial score (nSPS) is 15.1. The number of morpholine rings is 1. The Morgan fingerprint density at radius 1 is 1.07 bits per heavy atom. The molecule has 0 amide bonds. The van der Waals surface area contributed by atoms with Crippen molar-refractivity contribution >= 4 is 11.8 Å². The minimum Gasteiger partial charge on any atom is -0.379 e. The molecule has 0 bridgehead atoms. The first-order valence-electron chi connectivity index (χ1n) is 9.59. The predicted octanol–water partition coefficient (Wildman–Crippen LogP) is 3.37. The van der Waals surface area contributed by atoms with Gasteiger partial charge in [-0.15, -0.1) is 10.2 Å². The van der Waals surface area contributed by atoms with Gasteiger partial charge in [0.05, 0.1) is 18.9 Å². The molecule has 0 radical (unpaired) electrons. The topological polar surface area (TPSA) is 56.1 Å². The van der Waals surface area contributed by atoms with E-state index in [-0.39, 0.29) is 0 Å². The average Bonchev–Trinajstić information content (AvgIpc) is 3.15. The summed E-state index contributed by atoms with van der Waals surface area (Å²) in [6.07, 6.45) is 3.62. The van der Waals surface area contributed by atoms with Crippen LogP contribution in [-0.4, -0.2) is 63.2 Å². The van der Waals surface area contributed by atoms with E-state index in [1.165, 1.54) is 11.1 Å². The number of thioether (sulfide) groups is 1. The minimum atomic E-state index is 0.828. The first kappa shape index (κ1) is 19.1. The highest BCUT2D eigenvalue weighted by Crippen LogP contribution is 2.30. The Morgan fingerprint density at radius 2 is 1.93 bits per heavy atom. The van der Waals surface area contributed by atoms with Gasteiger partial charge in [-0.25, -0.2) is 0 Å². The Hall–Kier alpha value is -2.22. The monoisotopic (exact) mass is 395 g/mol. The third-order valence-corrected chi connectivity index (χ3v) is 6.02. The van der Waals surface area contributed by atoms with Gasteiger partial charge in [0.1, 0.15) is 0 Å². The van der Waals surface area contributed by atoms with Crippen molar-refractivity contribution in [2.45, 2.75) is 19.0 Å². The number of nitrogens with zero attached hydrogens (tertiary/aromatic N) is 5. The van der Waals surface area contributed by atoms with Crippen LogP contribution < -0.4 is 0 Å². The number of hydrogen-bond acceptors (Lipinski definition) is 6. The number of aryl methyl sites for hydroxylation is 1. The molecule has 28 heavy (non-hydrogen) atoms. The maximum atomic E-state index is 5.44. The Balaban J connectivity index is 1.64. The van der Waals surface area contributed by atoms with E-state index in [9.17, 15) is 0 Å². The summed E-state index contributed by atoms with van der Waals surface area (Å²) < 4.78 is 7.61. The number of pyridine rings is 1. The van der Waals surface area contributed by atoms with E-state index in [0.717, 1.165) is 60.8 Å². The first-order valence-corrected chi connectivity index (χ1v) is 10.6. The third-order valence-electron chi connectivity index (χ3n) is 5.11. The molecule has 0 saturated carbocycles. The first-order chi connectivity index (χ1) is 13.7. The molecule has 0 spiro atoms. The molecular weight excluding hydrogens is 370 g/mol. The molecule has 2 aromatic heterocycles. The van der Waals surface area contributed by atoms with E-state index < -0.39 is 0 Å². The van der Waals surface area contributed by atoms with Gasteiger partial charge in [-0.05, 0) is 43.2 Å². The molecule has 0 atom stereocenters. The summed E-state index contributed by atoms with van der Waals surface area (Å²) >= 11 is 1.75. The van der Waals surface area contributed by atoms with Crippen LogP contribution in [0.4, 0.5) is 0 Å². The van der Waals surface area contributed by atoms with E-state index in [4.69, 9.17) is 4.74 Å². The molecule has 6 nitrogen and oxygen atoms in total. The van der Waals surface area contributed by atoms with Crippen LogP contribution in [0.3, 0.4) is 0 Å². The van der Waals surface area contributed by atoms with E-state index in [2.05, 4.69) is 56.7 Å². The molecule has 0 unspecified atom stereocenters. The summed E-state index contributed by atoms with van der Waals surface area (Å²) in [6, 6.07) is 10.3. The fourth-order valence-corrected chi connectivity index (χ4v) is 4.28. The molecular formula is C21H25N5OS. The van der Waals surface area contributed by atoms with Crippen molar-refractivity contribution in [2.75, 3.05) is 38.6 Å². The van der Waals surface area contributed by atoms with Crippen molar-refractivity contribution in [1.29, 1.82) is 0 Å². The summed E-state index contributed by atoms with van der Waals surface area (Å²) in [4.78, 5) is 6.70. The van der Waals surface area contributed by atoms with Gasteiger partial charge in [0, 0.05) is 43.3 Å². The van der Waals surface area contributed by atoms with Crippen molar-refractivity contribution in [3.05, 3.63) is 53.9 Å². The highest BCUT2D eigenvalue weighted by atomic mass is 32.2. The number of rotatable bonds is 6. The lowest BCUT2D eigenvalue weighted by Crippen LogP contribution is -2.37. The van der Waals surface area contributed by atoms with Gasteiger partial charge >= 0.3 is 0 Å². The maximum absolute atomic E-state index is 5.44. The van der Waals surface area contributed by atoms with Crippen LogP contribution in [0.5, 0.6) is 0 Å². The van der Waals surface area contributed by atoms with Gasteiger partial charge in [-0.2, -0.15) is 0 Å². The quantitative estimate of drug-likeness (QED) is 0.597. The van der Waals surface area contributed by atoms with E-state index in [1.54, 1.807) is 18.0 Å². The Kier molecular flexibility index (Phi) is 6.04. The lowest BCUT2D eigenvalue weighted by atomic mass is 10.1. The SMILES string of the molecule is Cc1cccc(-n2c(SCCN3CCOCC3)nnc2-c2cccnc2)c1C. The third kappa shape index (κ3) is 4.11. The molecule has 146 valence electrons. The maximum Gasteiger partial charge on any atom is 0.196 e. The van der Waals surface area contributed by atoms with Crippen molar-refractivity contribution in [2.24, 2.45) is 0 Å². The van der Waals surface area contributed by atoms with Gasteiger partial charge in [0.15, 0.2) is 11.0 Å². The highest BCUT2D eigenvalue weighted by molar-refractivity contribution is 7.99. The molecule has 1 aliphatic rings. The predicted molar refractivity (Wildman–Crippen MR) is 112 cm³/mol. The van der Waals surface area contributed by atoms with Crippen LogP contribution >= 0.6 is 11.8 Å². The fourth-order valence-electron chi connectivity index (χ4n) is 3.33. The van der Waals surface area contributed by atoms with E-state index in [0.29, 0.717) is 0 Å². The molecule has 1 aromatic carbocycles. The summed E-state index contributed by atoms with van der Waals surface area (Å²) in [5, 5.41) is 9.96. The van der Waals surface area contributed by atoms with Crippen molar-refractivity contribution in [1.82, 2.24) is 24.6 Å². The second-order valence-corrected chi connectivity index (χ2v) is 7.97.